The molecule has 0 aliphatic rings. The Hall–Kier alpha value is -0.400. The molecule has 0 fully saturated rings. The van der Waals surface area contributed by atoms with Gasteiger partial charge >= 0.3 is 5.97 Å². The maximum atomic E-state index is 11.7. The quantitative estimate of drug-likeness (QED) is 0.862. The molecule has 0 saturated heterocycles. The molecule has 7 heteroatoms. The largest absolute Gasteiger partial charge is 0.612 e. The van der Waals surface area contributed by atoms with Crippen molar-refractivity contribution in [3.8, 4) is 0 Å². The molecule has 0 radical (unpaired) electrons. The van der Waals surface area contributed by atoms with Gasteiger partial charge in [0.2, 0.25) is 0 Å². The lowest BCUT2D eigenvalue weighted by Crippen LogP contribution is -2.14. The fourth-order valence-electron chi connectivity index (χ4n) is 1.54. The van der Waals surface area contributed by atoms with E-state index in [2.05, 4.69) is 0 Å². The van der Waals surface area contributed by atoms with Gasteiger partial charge in [-0.3, -0.25) is 4.79 Å². The first kappa shape index (κ1) is 15.7. The number of aliphatic carboxylic acids is 1. The van der Waals surface area contributed by atoms with Crippen molar-refractivity contribution in [1.29, 1.82) is 0 Å². The van der Waals surface area contributed by atoms with E-state index in [0.717, 1.165) is 0 Å². The monoisotopic (exact) mass is 308 g/mol. The predicted molar refractivity (Wildman–Crippen MR) is 72.2 cm³/mol. The van der Waals surface area contributed by atoms with Crippen LogP contribution in [-0.4, -0.2) is 32.7 Å². The highest BCUT2D eigenvalue weighted by atomic mass is 35.5. The van der Waals surface area contributed by atoms with Crippen LogP contribution in [0.25, 0.3) is 0 Å². The van der Waals surface area contributed by atoms with E-state index < -0.39 is 34.2 Å². The molecule has 3 atom stereocenters. The molecule has 0 bridgehead atoms. The number of rotatable bonds is 4. The van der Waals surface area contributed by atoms with Gasteiger partial charge in [0.15, 0.2) is 14.8 Å². The maximum absolute atomic E-state index is 11.7. The van der Waals surface area contributed by atoms with Crippen LogP contribution >= 0.6 is 11.6 Å². The van der Waals surface area contributed by atoms with Crippen molar-refractivity contribution in [3.05, 3.63) is 22.7 Å². The fourth-order valence-corrected chi connectivity index (χ4v) is 3.98. The van der Waals surface area contributed by atoms with Crippen LogP contribution in [0.1, 0.15) is 18.4 Å². The van der Waals surface area contributed by atoms with E-state index in [1.807, 2.05) is 0 Å². The Kier molecular flexibility index (Phi) is 5.36. The number of carboxylic acid groups (broad SMARTS) is 1. The lowest BCUT2D eigenvalue weighted by Gasteiger charge is -2.16. The molecule has 0 spiro atoms. The first-order valence-corrected chi connectivity index (χ1v) is 8.48. The molecule has 0 amide bonds. The van der Waals surface area contributed by atoms with Gasteiger partial charge in [-0.15, -0.1) is 0 Å². The number of benzene rings is 1. The summed E-state index contributed by atoms with van der Waals surface area (Å²) in [6.07, 6.45) is 2.88. The van der Waals surface area contributed by atoms with E-state index in [0.29, 0.717) is 10.5 Å². The van der Waals surface area contributed by atoms with E-state index in [1.165, 1.54) is 31.6 Å². The van der Waals surface area contributed by atoms with Gasteiger partial charge in [0.05, 0.1) is 5.92 Å². The van der Waals surface area contributed by atoms with Gasteiger partial charge < -0.3 is 14.2 Å². The average molecular weight is 309 g/mol. The van der Waals surface area contributed by atoms with Crippen LogP contribution in [0.15, 0.2) is 21.9 Å². The Labute approximate surface area is 117 Å². The Morgan fingerprint density at radius 3 is 2.28 bits per heavy atom. The van der Waals surface area contributed by atoms with Gasteiger partial charge in [-0.25, -0.2) is 0 Å². The normalized spacial score (nSPS) is 16.1. The van der Waals surface area contributed by atoms with Crippen LogP contribution < -0.4 is 0 Å². The molecular formula is C11H13ClO4S2. The van der Waals surface area contributed by atoms with E-state index in [1.54, 1.807) is 0 Å². The van der Waals surface area contributed by atoms with Gasteiger partial charge in [-0.1, -0.05) is 11.6 Å². The van der Waals surface area contributed by atoms with Crippen molar-refractivity contribution < 1.29 is 19.0 Å². The SMILES string of the molecule is CC(C(=O)O)c1ccc([S+](C)[O-])c(Cl)c1[S+](C)[O-]. The minimum atomic E-state index is -1.45. The molecule has 1 aromatic rings. The van der Waals surface area contributed by atoms with Gasteiger partial charge in [0, 0.05) is 5.56 Å². The number of carbonyl (C=O) groups is 1. The summed E-state index contributed by atoms with van der Waals surface area (Å²) >= 11 is 3.31. The summed E-state index contributed by atoms with van der Waals surface area (Å²) in [6.45, 7) is 1.49. The summed E-state index contributed by atoms with van der Waals surface area (Å²) < 4.78 is 23.2. The Balaban J connectivity index is 3.46. The predicted octanol–water partition coefficient (Wildman–Crippen LogP) is 2.00. The van der Waals surface area contributed by atoms with Crippen molar-refractivity contribution in [2.24, 2.45) is 0 Å². The molecule has 4 nitrogen and oxygen atoms in total. The Morgan fingerprint density at radius 1 is 1.33 bits per heavy atom. The van der Waals surface area contributed by atoms with Crippen LogP contribution in [0.3, 0.4) is 0 Å². The first-order chi connectivity index (χ1) is 8.27. The molecule has 0 saturated carbocycles. The lowest BCUT2D eigenvalue weighted by molar-refractivity contribution is -0.138. The topological polar surface area (TPSA) is 83.4 Å². The second-order valence-electron chi connectivity index (χ2n) is 3.76. The van der Waals surface area contributed by atoms with E-state index in [9.17, 15) is 13.9 Å². The van der Waals surface area contributed by atoms with Crippen molar-refractivity contribution in [1.82, 2.24) is 0 Å². The molecule has 0 aliphatic carbocycles. The van der Waals surface area contributed by atoms with Crippen LogP contribution in [0, 0.1) is 0 Å². The summed E-state index contributed by atoms with van der Waals surface area (Å²) in [5, 5.41) is 9.14. The van der Waals surface area contributed by atoms with E-state index in [4.69, 9.17) is 16.7 Å². The Bertz CT molecular complexity index is 463. The van der Waals surface area contributed by atoms with Crippen molar-refractivity contribution in [2.75, 3.05) is 12.5 Å². The van der Waals surface area contributed by atoms with E-state index in [-0.39, 0.29) is 9.92 Å². The fraction of sp³-hybridized carbons (Fsp3) is 0.364. The zero-order valence-electron chi connectivity index (χ0n) is 10.1. The highest BCUT2D eigenvalue weighted by Crippen LogP contribution is 2.35. The molecule has 18 heavy (non-hydrogen) atoms. The smallest absolute Gasteiger partial charge is 0.310 e. The van der Waals surface area contributed by atoms with Gasteiger partial charge in [-0.05, 0) is 41.4 Å². The van der Waals surface area contributed by atoms with Gasteiger partial charge in [-0.2, -0.15) is 0 Å². The molecule has 1 aromatic carbocycles. The average Bonchev–Trinajstić information content (AvgIpc) is 2.26. The van der Waals surface area contributed by atoms with Crippen LogP contribution in [-0.2, 0) is 27.1 Å². The highest BCUT2D eigenvalue weighted by Gasteiger charge is 2.29. The van der Waals surface area contributed by atoms with Crippen LogP contribution in [0.5, 0.6) is 0 Å². The van der Waals surface area contributed by atoms with Crippen LogP contribution in [0.4, 0.5) is 0 Å². The minimum Gasteiger partial charge on any atom is -0.612 e. The minimum absolute atomic E-state index is 0.127. The van der Waals surface area contributed by atoms with Gasteiger partial charge in [0.25, 0.3) is 0 Å². The molecule has 100 valence electrons. The maximum Gasteiger partial charge on any atom is 0.310 e. The summed E-state index contributed by atoms with van der Waals surface area (Å²) in [4.78, 5) is 11.6. The highest BCUT2D eigenvalue weighted by molar-refractivity contribution is 7.91. The van der Waals surface area contributed by atoms with Crippen molar-refractivity contribution >= 4 is 39.9 Å². The molecular weight excluding hydrogens is 296 g/mol. The number of halogens is 1. The number of hydrogen-bond donors (Lipinski definition) is 1. The Morgan fingerprint density at radius 2 is 1.89 bits per heavy atom. The third-order valence-electron chi connectivity index (χ3n) is 2.53. The van der Waals surface area contributed by atoms with Gasteiger partial charge in [0.1, 0.15) is 12.5 Å². The molecule has 1 N–H and O–H groups in total. The number of hydrogen-bond acceptors (Lipinski definition) is 3. The second-order valence-corrected chi connectivity index (χ2v) is 6.81. The zero-order chi connectivity index (χ0) is 14.0. The molecule has 0 heterocycles. The third-order valence-corrected chi connectivity index (χ3v) is 5.12. The summed E-state index contributed by atoms with van der Waals surface area (Å²) in [7, 11) is 0. The zero-order valence-corrected chi connectivity index (χ0v) is 12.5. The lowest BCUT2D eigenvalue weighted by atomic mass is 10.0. The first-order valence-electron chi connectivity index (χ1n) is 4.99. The second kappa shape index (κ2) is 6.16. The molecule has 0 aromatic heterocycles. The molecule has 0 aliphatic heterocycles. The van der Waals surface area contributed by atoms with Crippen molar-refractivity contribution in [2.45, 2.75) is 22.6 Å². The summed E-state index contributed by atoms with van der Waals surface area (Å²) in [5.41, 5.74) is 0.391. The number of carboxylic acids is 1. The van der Waals surface area contributed by atoms with E-state index >= 15 is 0 Å². The third kappa shape index (κ3) is 3.13. The summed E-state index contributed by atoms with van der Waals surface area (Å²) in [5.74, 6) is -1.84. The molecule has 3 unspecified atom stereocenters. The summed E-state index contributed by atoms with van der Waals surface area (Å²) in [6, 6.07) is 3.04. The molecule has 1 rings (SSSR count). The van der Waals surface area contributed by atoms with Crippen LogP contribution in [0.2, 0.25) is 5.02 Å². The van der Waals surface area contributed by atoms with Crippen molar-refractivity contribution in [3.63, 3.8) is 0 Å². The standard InChI is InChI=1S/C11H13ClO4S2/c1-6(11(13)14)7-4-5-8(17(2)15)9(12)10(7)18(3)16/h4-6H,1-3H3,(H,13,14).